The van der Waals surface area contributed by atoms with E-state index < -0.39 is 8.07 Å². The minimum Gasteiger partial charge on any atom is -0.341 e. The molecular weight excluding hydrogens is 366 g/mol. The average molecular weight is 394 g/mol. The lowest BCUT2D eigenvalue weighted by Crippen LogP contribution is -2.53. The highest BCUT2D eigenvalue weighted by Gasteiger charge is 2.25. The molecule has 1 atom stereocenters. The number of carbonyl (C=O) groups excluding carboxylic acids is 1. The van der Waals surface area contributed by atoms with Gasteiger partial charge in [0.2, 0.25) is 0 Å². The molecule has 1 unspecified atom stereocenters. The van der Waals surface area contributed by atoms with Crippen molar-refractivity contribution >= 4 is 19.3 Å². The van der Waals surface area contributed by atoms with Gasteiger partial charge in [-0.3, -0.25) is 0 Å². The van der Waals surface area contributed by atoms with Crippen LogP contribution in [0.15, 0.2) is 67.3 Å². The van der Waals surface area contributed by atoms with E-state index in [4.69, 9.17) is 0 Å². The maximum Gasteiger partial charge on any atom is 0.317 e. The SMILES string of the molecule is CC(c1ccc(-n2cncn2)cc1)N(C)C(=O)NC[Si](C)(C)c1ccccc1. The van der Waals surface area contributed by atoms with E-state index in [-0.39, 0.29) is 12.1 Å². The Hall–Kier alpha value is -2.93. The van der Waals surface area contributed by atoms with Crippen LogP contribution in [0.4, 0.5) is 4.79 Å². The van der Waals surface area contributed by atoms with E-state index in [2.05, 4.69) is 52.8 Å². The molecule has 6 nitrogen and oxygen atoms in total. The van der Waals surface area contributed by atoms with Crippen molar-refractivity contribution in [1.29, 1.82) is 0 Å². The molecule has 1 heterocycles. The molecule has 0 aliphatic rings. The predicted molar refractivity (Wildman–Crippen MR) is 114 cm³/mol. The van der Waals surface area contributed by atoms with Crippen LogP contribution in [-0.2, 0) is 0 Å². The van der Waals surface area contributed by atoms with Crippen molar-refractivity contribution in [3.8, 4) is 5.69 Å². The lowest BCUT2D eigenvalue weighted by atomic mass is 10.1. The summed E-state index contributed by atoms with van der Waals surface area (Å²) >= 11 is 0. The third-order valence-corrected chi connectivity index (χ3v) is 8.15. The maximum atomic E-state index is 12.7. The number of hydrogen-bond acceptors (Lipinski definition) is 3. The minimum absolute atomic E-state index is 0.0358. The first-order valence-electron chi connectivity index (χ1n) is 9.39. The van der Waals surface area contributed by atoms with E-state index in [0.29, 0.717) is 6.17 Å². The van der Waals surface area contributed by atoms with Gasteiger partial charge in [-0.05, 0) is 24.6 Å². The largest absolute Gasteiger partial charge is 0.341 e. The molecule has 3 aromatic rings. The van der Waals surface area contributed by atoms with Gasteiger partial charge in [0, 0.05) is 13.2 Å². The number of amides is 2. The number of rotatable bonds is 6. The molecule has 7 heteroatoms. The van der Waals surface area contributed by atoms with Gasteiger partial charge in [-0.2, -0.15) is 5.10 Å². The van der Waals surface area contributed by atoms with E-state index in [1.807, 2.05) is 44.3 Å². The summed E-state index contributed by atoms with van der Waals surface area (Å²) in [5.74, 6) is 0. The molecule has 2 aromatic carbocycles. The molecular formula is C21H27N5OSi. The van der Waals surface area contributed by atoms with Gasteiger partial charge in [0.25, 0.3) is 0 Å². The molecule has 146 valence electrons. The molecule has 0 radical (unpaired) electrons. The Balaban J connectivity index is 1.61. The molecule has 28 heavy (non-hydrogen) atoms. The quantitative estimate of drug-likeness (QED) is 0.655. The summed E-state index contributed by atoms with van der Waals surface area (Å²) in [5.41, 5.74) is 2.01. The standard InChI is InChI=1S/C21H27N5OSi/c1-17(18-10-12-19(13-11-18)26-15-22-14-24-26)25(2)21(27)23-16-28(3,4)20-8-6-5-7-9-20/h5-15,17H,16H2,1-4H3,(H,23,27). The summed E-state index contributed by atoms with van der Waals surface area (Å²) in [7, 11) is 0.121. The van der Waals surface area contributed by atoms with Gasteiger partial charge in [0.1, 0.15) is 20.7 Å². The Morgan fingerprint density at radius 3 is 2.43 bits per heavy atom. The predicted octanol–water partition coefficient (Wildman–Crippen LogP) is 3.12. The Bertz CT molecular complexity index is 894. The second-order valence-corrected chi connectivity index (χ2v) is 12.3. The van der Waals surface area contributed by atoms with Gasteiger partial charge in [0.05, 0.1) is 11.7 Å². The summed E-state index contributed by atoms with van der Waals surface area (Å²) in [6.45, 7) is 6.58. The van der Waals surface area contributed by atoms with E-state index in [0.717, 1.165) is 11.3 Å². The van der Waals surface area contributed by atoms with Crippen LogP contribution in [0, 0.1) is 0 Å². The fourth-order valence-electron chi connectivity index (χ4n) is 3.06. The van der Waals surface area contributed by atoms with Crippen LogP contribution in [0.1, 0.15) is 18.5 Å². The topological polar surface area (TPSA) is 63.1 Å². The molecule has 0 fully saturated rings. The Morgan fingerprint density at radius 1 is 1.14 bits per heavy atom. The zero-order chi connectivity index (χ0) is 20.1. The van der Waals surface area contributed by atoms with Crippen LogP contribution >= 0.6 is 0 Å². The second kappa shape index (κ2) is 8.39. The van der Waals surface area contributed by atoms with Crippen molar-refractivity contribution in [3.63, 3.8) is 0 Å². The molecule has 0 saturated carbocycles. The number of nitrogens with one attached hydrogen (secondary N) is 1. The molecule has 0 spiro atoms. The van der Waals surface area contributed by atoms with Crippen molar-refractivity contribution < 1.29 is 4.79 Å². The normalized spacial score (nSPS) is 12.4. The van der Waals surface area contributed by atoms with Crippen molar-refractivity contribution in [2.75, 3.05) is 13.2 Å². The number of benzene rings is 2. The highest BCUT2D eigenvalue weighted by Crippen LogP contribution is 2.20. The van der Waals surface area contributed by atoms with Gasteiger partial charge in [-0.25, -0.2) is 14.5 Å². The minimum atomic E-state index is -1.71. The van der Waals surface area contributed by atoms with Crippen LogP contribution in [0.2, 0.25) is 13.1 Å². The highest BCUT2D eigenvalue weighted by molar-refractivity contribution is 6.90. The van der Waals surface area contributed by atoms with E-state index >= 15 is 0 Å². The van der Waals surface area contributed by atoms with Crippen molar-refractivity contribution in [3.05, 3.63) is 72.8 Å². The molecule has 3 rings (SSSR count). The molecule has 2 amide bonds. The molecule has 1 N–H and O–H groups in total. The number of nitrogens with zero attached hydrogens (tertiary/aromatic N) is 4. The maximum absolute atomic E-state index is 12.7. The third-order valence-electron chi connectivity index (χ3n) is 5.20. The van der Waals surface area contributed by atoms with Gasteiger partial charge in [-0.1, -0.05) is 60.7 Å². The number of urea groups is 1. The fraction of sp³-hybridized carbons (Fsp3) is 0.286. The molecule has 0 aliphatic carbocycles. The van der Waals surface area contributed by atoms with E-state index in [1.54, 1.807) is 15.9 Å². The summed E-state index contributed by atoms with van der Waals surface area (Å²) in [6, 6.07) is 18.4. The molecule has 0 saturated heterocycles. The zero-order valence-electron chi connectivity index (χ0n) is 16.8. The lowest BCUT2D eigenvalue weighted by Gasteiger charge is -2.29. The lowest BCUT2D eigenvalue weighted by molar-refractivity contribution is 0.196. The van der Waals surface area contributed by atoms with E-state index in [1.165, 1.54) is 11.5 Å². The first kappa shape index (κ1) is 19.8. The second-order valence-electron chi connectivity index (χ2n) is 7.63. The van der Waals surface area contributed by atoms with Crippen molar-refractivity contribution in [2.45, 2.75) is 26.1 Å². The first-order valence-corrected chi connectivity index (χ1v) is 12.6. The number of aromatic nitrogens is 3. The molecule has 0 bridgehead atoms. The highest BCUT2D eigenvalue weighted by atomic mass is 28.3. The van der Waals surface area contributed by atoms with Gasteiger partial charge in [-0.15, -0.1) is 0 Å². The first-order chi connectivity index (χ1) is 13.4. The van der Waals surface area contributed by atoms with Gasteiger partial charge < -0.3 is 10.2 Å². The van der Waals surface area contributed by atoms with E-state index in [9.17, 15) is 4.79 Å². The van der Waals surface area contributed by atoms with Crippen LogP contribution in [0.5, 0.6) is 0 Å². The monoisotopic (exact) mass is 393 g/mol. The fourth-order valence-corrected chi connectivity index (χ4v) is 4.95. The molecule has 1 aromatic heterocycles. The number of carbonyl (C=O) groups is 1. The summed E-state index contributed by atoms with van der Waals surface area (Å²) in [4.78, 5) is 18.4. The Labute approximate surface area is 167 Å². The van der Waals surface area contributed by atoms with Gasteiger partial charge in [0.15, 0.2) is 0 Å². The third kappa shape index (κ3) is 4.48. The number of hydrogen-bond donors (Lipinski definition) is 1. The van der Waals surface area contributed by atoms with Gasteiger partial charge >= 0.3 is 6.03 Å². The average Bonchev–Trinajstić information content (AvgIpc) is 3.26. The van der Waals surface area contributed by atoms with Crippen LogP contribution in [0.25, 0.3) is 5.69 Å². The summed E-state index contributed by atoms with van der Waals surface area (Å²) < 4.78 is 1.71. The van der Waals surface area contributed by atoms with Crippen molar-refractivity contribution in [2.24, 2.45) is 0 Å². The van der Waals surface area contributed by atoms with Crippen LogP contribution < -0.4 is 10.5 Å². The van der Waals surface area contributed by atoms with Crippen LogP contribution in [0.3, 0.4) is 0 Å². The molecule has 0 aliphatic heterocycles. The Morgan fingerprint density at radius 2 is 1.82 bits per heavy atom. The smallest absolute Gasteiger partial charge is 0.317 e. The Kier molecular flexibility index (Phi) is 5.94. The zero-order valence-corrected chi connectivity index (χ0v) is 17.8. The van der Waals surface area contributed by atoms with Crippen LogP contribution in [-0.4, -0.2) is 47.0 Å². The summed E-state index contributed by atoms with van der Waals surface area (Å²) in [5, 5.41) is 8.61. The van der Waals surface area contributed by atoms with Crippen molar-refractivity contribution in [1.82, 2.24) is 25.0 Å². The summed E-state index contributed by atoms with van der Waals surface area (Å²) in [6.07, 6.45) is 3.88.